The summed E-state index contributed by atoms with van der Waals surface area (Å²) in [7, 11) is 1.82. The molecule has 2 rings (SSSR count). The van der Waals surface area contributed by atoms with Crippen molar-refractivity contribution in [2.24, 2.45) is 16.3 Å². The maximum atomic E-state index is 11.8. The summed E-state index contributed by atoms with van der Waals surface area (Å²) in [4.78, 5) is 20.3. The molecule has 0 saturated carbocycles. The molecule has 0 aromatic rings. The van der Waals surface area contributed by atoms with Crippen molar-refractivity contribution in [2.75, 3.05) is 53.0 Å². The summed E-state index contributed by atoms with van der Waals surface area (Å²) in [5.41, 5.74) is 0.140. The summed E-state index contributed by atoms with van der Waals surface area (Å²) in [5, 5.41) is 3.54. The lowest BCUT2D eigenvalue weighted by Crippen LogP contribution is -2.55. The number of rotatable bonds is 3. The third-order valence-corrected chi connectivity index (χ3v) is 5.14. The van der Waals surface area contributed by atoms with Crippen molar-refractivity contribution in [1.29, 1.82) is 0 Å². The fraction of sp³-hybridized carbons (Fsp3) is 0.895. The summed E-state index contributed by atoms with van der Waals surface area (Å²) in [5.74, 6) is 1.40. The molecule has 2 saturated heterocycles. The molecule has 0 aromatic carbocycles. The SMILES string of the molecule is CCOC(=O)N1CCN(C(=NC)NCC2CCCOC2C(C)(C)C)CC1. The Labute approximate surface area is 158 Å². The van der Waals surface area contributed by atoms with Crippen LogP contribution in [0, 0.1) is 11.3 Å². The van der Waals surface area contributed by atoms with Gasteiger partial charge in [-0.1, -0.05) is 20.8 Å². The smallest absolute Gasteiger partial charge is 0.409 e. The average molecular weight is 369 g/mol. The van der Waals surface area contributed by atoms with E-state index in [-0.39, 0.29) is 17.6 Å². The number of carbonyl (C=O) groups excluding carboxylic acids is 1. The zero-order valence-electron chi connectivity index (χ0n) is 17.1. The first-order valence-corrected chi connectivity index (χ1v) is 9.85. The molecule has 2 heterocycles. The molecule has 1 N–H and O–H groups in total. The highest BCUT2D eigenvalue weighted by Crippen LogP contribution is 2.33. The molecule has 0 radical (unpaired) electrons. The molecule has 0 aliphatic carbocycles. The normalized spacial score (nSPS) is 25.2. The van der Waals surface area contributed by atoms with Crippen LogP contribution in [0.1, 0.15) is 40.5 Å². The van der Waals surface area contributed by atoms with Crippen molar-refractivity contribution in [3.8, 4) is 0 Å². The van der Waals surface area contributed by atoms with Crippen molar-refractivity contribution < 1.29 is 14.3 Å². The van der Waals surface area contributed by atoms with Gasteiger partial charge in [0, 0.05) is 52.3 Å². The van der Waals surface area contributed by atoms with Crippen LogP contribution < -0.4 is 5.32 Å². The van der Waals surface area contributed by atoms with Gasteiger partial charge in [0.05, 0.1) is 12.7 Å². The number of nitrogens with one attached hydrogen (secondary N) is 1. The largest absolute Gasteiger partial charge is 0.450 e. The van der Waals surface area contributed by atoms with Gasteiger partial charge in [-0.2, -0.15) is 0 Å². The monoisotopic (exact) mass is 368 g/mol. The van der Waals surface area contributed by atoms with Gasteiger partial charge in [0.2, 0.25) is 0 Å². The molecule has 0 aromatic heterocycles. The Morgan fingerprint density at radius 1 is 1.23 bits per heavy atom. The zero-order valence-corrected chi connectivity index (χ0v) is 17.1. The lowest BCUT2D eigenvalue weighted by molar-refractivity contribution is -0.0836. The number of hydrogen-bond donors (Lipinski definition) is 1. The molecule has 2 unspecified atom stereocenters. The molecule has 0 bridgehead atoms. The molecule has 2 fully saturated rings. The maximum Gasteiger partial charge on any atom is 0.409 e. The van der Waals surface area contributed by atoms with Crippen LogP contribution in [0.2, 0.25) is 0 Å². The van der Waals surface area contributed by atoms with Crippen LogP contribution in [0.3, 0.4) is 0 Å². The van der Waals surface area contributed by atoms with Crippen molar-refractivity contribution in [3.05, 3.63) is 0 Å². The van der Waals surface area contributed by atoms with E-state index in [2.05, 4.69) is 36.0 Å². The molecular weight excluding hydrogens is 332 g/mol. The van der Waals surface area contributed by atoms with Gasteiger partial charge >= 0.3 is 6.09 Å². The van der Waals surface area contributed by atoms with Gasteiger partial charge in [0.1, 0.15) is 0 Å². The predicted molar refractivity (Wildman–Crippen MR) is 103 cm³/mol. The van der Waals surface area contributed by atoms with Crippen molar-refractivity contribution in [1.82, 2.24) is 15.1 Å². The Balaban J connectivity index is 1.85. The minimum Gasteiger partial charge on any atom is -0.450 e. The second-order valence-electron chi connectivity index (χ2n) is 8.16. The molecule has 150 valence electrons. The summed E-state index contributed by atoms with van der Waals surface area (Å²) >= 11 is 0. The number of hydrogen-bond acceptors (Lipinski definition) is 4. The average Bonchev–Trinajstić information content (AvgIpc) is 2.62. The van der Waals surface area contributed by atoms with E-state index in [4.69, 9.17) is 9.47 Å². The third-order valence-electron chi connectivity index (χ3n) is 5.14. The number of amides is 1. The van der Waals surface area contributed by atoms with E-state index in [1.54, 1.807) is 4.90 Å². The lowest BCUT2D eigenvalue weighted by Gasteiger charge is -2.41. The Morgan fingerprint density at radius 2 is 1.88 bits per heavy atom. The summed E-state index contributed by atoms with van der Waals surface area (Å²) in [6, 6.07) is 0. The van der Waals surface area contributed by atoms with Gasteiger partial charge < -0.3 is 24.6 Å². The lowest BCUT2D eigenvalue weighted by atomic mass is 9.78. The Kier molecular flexibility index (Phi) is 7.55. The molecule has 2 aliphatic rings. The van der Waals surface area contributed by atoms with Crippen molar-refractivity contribution >= 4 is 12.1 Å². The number of piperazine rings is 1. The van der Waals surface area contributed by atoms with Crippen LogP contribution in [0.5, 0.6) is 0 Å². The second kappa shape index (κ2) is 9.44. The predicted octanol–water partition coefficient (Wildman–Crippen LogP) is 2.18. The van der Waals surface area contributed by atoms with Gasteiger partial charge in [0.15, 0.2) is 5.96 Å². The van der Waals surface area contributed by atoms with E-state index in [9.17, 15) is 4.79 Å². The van der Waals surface area contributed by atoms with Crippen LogP contribution in [0.15, 0.2) is 4.99 Å². The van der Waals surface area contributed by atoms with E-state index in [1.807, 2.05) is 14.0 Å². The fourth-order valence-electron chi connectivity index (χ4n) is 3.88. The van der Waals surface area contributed by atoms with E-state index >= 15 is 0 Å². The first-order valence-electron chi connectivity index (χ1n) is 9.85. The molecule has 2 atom stereocenters. The number of nitrogens with zero attached hydrogens (tertiary/aromatic N) is 3. The molecule has 7 nitrogen and oxygen atoms in total. The summed E-state index contributed by atoms with van der Waals surface area (Å²) in [6.07, 6.45) is 2.35. The molecule has 7 heteroatoms. The van der Waals surface area contributed by atoms with Gasteiger partial charge in [-0.05, 0) is 25.2 Å². The molecule has 26 heavy (non-hydrogen) atoms. The fourth-order valence-corrected chi connectivity index (χ4v) is 3.88. The van der Waals surface area contributed by atoms with Crippen LogP contribution in [0.4, 0.5) is 4.79 Å². The van der Waals surface area contributed by atoms with E-state index in [1.165, 1.54) is 6.42 Å². The van der Waals surface area contributed by atoms with Crippen LogP contribution >= 0.6 is 0 Å². The molecule has 0 spiro atoms. The minimum absolute atomic E-state index is 0.140. The highest BCUT2D eigenvalue weighted by molar-refractivity contribution is 5.80. The number of carbonyl (C=O) groups is 1. The number of guanidine groups is 1. The Bertz CT molecular complexity index is 482. The first-order chi connectivity index (χ1) is 12.4. The van der Waals surface area contributed by atoms with E-state index in [0.29, 0.717) is 25.6 Å². The summed E-state index contributed by atoms with van der Waals surface area (Å²) in [6.45, 7) is 13.6. The topological polar surface area (TPSA) is 66.4 Å². The zero-order chi connectivity index (χ0) is 19.2. The van der Waals surface area contributed by atoms with E-state index < -0.39 is 0 Å². The van der Waals surface area contributed by atoms with Crippen molar-refractivity contribution in [3.63, 3.8) is 0 Å². The molecular formula is C19H36N4O3. The third kappa shape index (κ3) is 5.50. The Morgan fingerprint density at radius 3 is 2.46 bits per heavy atom. The minimum atomic E-state index is -0.220. The highest BCUT2D eigenvalue weighted by Gasteiger charge is 2.35. The van der Waals surface area contributed by atoms with Crippen LogP contribution in [-0.2, 0) is 9.47 Å². The number of aliphatic imine (C=N–C) groups is 1. The highest BCUT2D eigenvalue weighted by atomic mass is 16.6. The maximum absolute atomic E-state index is 11.8. The van der Waals surface area contributed by atoms with Crippen molar-refractivity contribution in [2.45, 2.75) is 46.6 Å². The standard InChI is InChI=1S/C19H36N4O3/c1-6-25-18(24)23-11-9-22(10-12-23)17(20-5)21-14-15-8-7-13-26-16(15)19(2,3)4/h15-16H,6-14H2,1-5H3,(H,20,21). The first kappa shape index (κ1) is 20.8. The molecule has 2 aliphatic heterocycles. The van der Waals surface area contributed by atoms with Gasteiger partial charge in [-0.3, -0.25) is 4.99 Å². The summed E-state index contributed by atoms with van der Waals surface area (Å²) < 4.78 is 11.2. The van der Waals surface area contributed by atoms with Crippen LogP contribution in [-0.4, -0.2) is 80.9 Å². The van der Waals surface area contributed by atoms with E-state index in [0.717, 1.165) is 38.6 Å². The van der Waals surface area contributed by atoms with Crippen LogP contribution in [0.25, 0.3) is 0 Å². The van der Waals surface area contributed by atoms with Gasteiger partial charge in [-0.25, -0.2) is 4.79 Å². The van der Waals surface area contributed by atoms with Gasteiger partial charge in [-0.15, -0.1) is 0 Å². The quantitative estimate of drug-likeness (QED) is 0.611. The Hall–Kier alpha value is -1.50. The number of ether oxygens (including phenoxy) is 2. The second-order valence-corrected chi connectivity index (χ2v) is 8.16. The molecule has 1 amide bonds. The van der Waals surface area contributed by atoms with Gasteiger partial charge in [0.25, 0.3) is 0 Å².